The maximum Gasteiger partial charge on any atom is 0.338 e. The van der Waals surface area contributed by atoms with Gasteiger partial charge in [0.05, 0.1) is 17.7 Å². The lowest BCUT2D eigenvalue weighted by Crippen LogP contribution is -2.14. The largest absolute Gasteiger partial charge is 0.478 e. The molecule has 0 fully saturated rings. The second kappa shape index (κ2) is 6.02. The first-order valence-electron chi connectivity index (χ1n) is 5.77. The van der Waals surface area contributed by atoms with E-state index in [2.05, 4.69) is 0 Å². The molecule has 7 nitrogen and oxygen atoms in total. The predicted molar refractivity (Wildman–Crippen MR) is 68.6 cm³/mol. The van der Waals surface area contributed by atoms with E-state index in [0.717, 1.165) is 12.1 Å². The Morgan fingerprint density at radius 1 is 1.20 bits per heavy atom. The third kappa shape index (κ3) is 3.34. The SMILES string of the molecule is CCOC(=O)c1cc(S(=O)(=O)O)c(C(=O)O)cc1CC. The number of rotatable bonds is 5. The van der Waals surface area contributed by atoms with Crippen molar-refractivity contribution in [1.29, 1.82) is 0 Å². The Morgan fingerprint density at radius 3 is 2.20 bits per heavy atom. The number of aromatic carboxylic acids is 1. The molecule has 0 aliphatic heterocycles. The zero-order chi connectivity index (χ0) is 15.5. The number of aryl methyl sites for hydroxylation is 1. The van der Waals surface area contributed by atoms with Crippen molar-refractivity contribution in [2.24, 2.45) is 0 Å². The van der Waals surface area contributed by atoms with Gasteiger partial charge in [0.2, 0.25) is 0 Å². The first kappa shape index (κ1) is 16.1. The zero-order valence-electron chi connectivity index (χ0n) is 10.9. The van der Waals surface area contributed by atoms with Gasteiger partial charge in [-0.3, -0.25) is 4.55 Å². The van der Waals surface area contributed by atoms with Gasteiger partial charge in [0.15, 0.2) is 0 Å². The summed E-state index contributed by atoms with van der Waals surface area (Å²) >= 11 is 0. The Morgan fingerprint density at radius 2 is 1.80 bits per heavy atom. The van der Waals surface area contributed by atoms with Crippen molar-refractivity contribution >= 4 is 22.1 Å². The van der Waals surface area contributed by atoms with E-state index in [4.69, 9.17) is 14.4 Å². The van der Waals surface area contributed by atoms with Gasteiger partial charge >= 0.3 is 11.9 Å². The first-order valence-corrected chi connectivity index (χ1v) is 7.21. The molecule has 8 heteroatoms. The van der Waals surface area contributed by atoms with Crippen LogP contribution in [-0.2, 0) is 21.3 Å². The molecular weight excluding hydrogens is 288 g/mol. The molecule has 0 amide bonds. The van der Waals surface area contributed by atoms with E-state index in [1.165, 1.54) is 0 Å². The number of carbonyl (C=O) groups is 2. The van der Waals surface area contributed by atoms with E-state index in [-0.39, 0.29) is 12.2 Å². The fraction of sp³-hybridized carbons (Fsp3) is 0.333. The second-order valence-electron chi connectivity index (χ2n) is 3.86. The zero-order valence-corrected chi connectivity index (χ0v) is 11.7. The molecule has 0 aliphatic carbocycles. The van der Waals surface area contributed by atoms with Crippen molar-refractivity contribution in [2.75, 3.05) is 6.61 Å². The van der Waals surface area contributed by atoms with Crippen molar-refractivity contribution in [1.82, 2.24) is 0 Å². The maximum absolute atomic E-state index is 11.7. The summed E-state index contributed by atoms with van der Waals surface area (Å²) in [6.45, 7) is 3.35. The molecular formula is C12H14O7S. The Bertz CT molecular complexity index is 646. The molecule has 0 aromatic heterocycles. The Balaban J connectivity index is 3.63. The van der Waals surface area contributed by atoms with Crippen LogP contribution in [0.5, 0.6) is 0 Å². The molecule has 0 spiro atoms. The summed E-state index contributed by atoms with van der Waals surface area (Å²) in [5.74, 6) is -2.28. The average Bonchev–Trinajstić information content (AvgIpc) is 2.36. The summed E-state index contributed by atoms with van der Waals surface area (Å²) in [6, 6.07) is 1.88. The van der Waals surface area contributed by atoms with Crippen LogP contribution in [0.1, 0.15) is 40.1 Å². The molecule has 1 aromatic rings. The molecule has 0 atom stereocenters. The number of benzene rings is 1. The van der Waals surface area contributed by atoms with Crippen LogP contribution in [0, 0.1) is 0 Å². The number of hydrogen-bond donors (Lipinski definition) is 2. The van der Waals surface area contributed by atoms with Crippen LogP contribution in [-0.4, -0.2) is 36.6 Å². The number of carboxylic acids is 1. The van der Waals surface area contributed by atoms with Crippen molar-refractivity contribution < 1.29 is 32.4 Å². The lowest BCUT2D eigenvalue weighted by molar-refractivity contribution is 0.0523. The minimum Gasteiger partial charge on any atom is -0.478 e. The predicted octanol–water partition coefficient (Wildman–Crippen LogP) is 1.37. The standard InChI is InChI=1S/C12H14O7S/c1-3-7-5-9(11(13)14)10(20(16,17)18)6-8(7)12(15)19-4-2/h5-6H,3-4H2,1-2H3,(H,13,14)(H,16,17,18). The molecule has 0 unspecified atom stereocenters. The molecule has 0 aliphatic rings. The molecule has 0 saturated carbocycles. The van der Waals surface area contributed by atoms with Gasteiger partial charge in [0, 0.05) is 0 Å². The fourth-order valence-corrected chi connectivity index (χ4v) is 2.39. The molecule has 0 radical (unpaired) electrons. The van der Waals surface area contributed by atoms with E-state index in [9.17, 15) is 18.0 Å². The van der Waals surface area contributed by atoms with Crippen molar-refractivity contribution in [3.63, 3.8) is 0 Å². The smallest absolute Gasteiger partial charge is 0.338 e. The van der Waals surface area contributed by atoms with E-state index in [1.54, 1.807) is 13.8 Å². The highest BCUT2D eigenvalue weighted by molar-refractivity contribution is 7.86. The summed E-state index contributed by atoms with van der Waals surface area (Å²) < 4.78 is 36.3. The van der Waals surface area contributed by atoms with E-state index < -0.39 is 32.5 Å². The Kier molecular flexibility index (Phi) is 4.85. The van der Waals surface area contributed by atoms with Gasteiger partial charge in [-0.2, -0.15) is 8.42 Å². The fourth-order valence-electron chi connectivity index (χ4n) is 1.70. The molecule has 2 N–H and O–H groups in total. The average molecular weight is 302 g/mol. The number of esters is 1. The van der Waals surface area contributed by atoms with Gasteiger partial charge in [0.1, 0.15) is 4.90 Å². The third-order valence-corrected chi connectivity index (χ3v) is 3.48. The van der Waals surface area contributed by atoms with Gasteiger partial charge in [-0.05, 0) is 31.0 Å². The molecule has 0 saturated heterocycles. The summed E-state index contributed by atoms with van der Waals surface area (Å²) in [6.07, 6.45) is 0.306. The highest BCUT2D eigenvalue weighted by Gasteiger charge is 2.25. The maximum atomic E-state index is 11.7. The van der Waals surface area contributed by atoms with Crippen molar-refractivity contribution in [3.05, 3.63) is 28.8 Å². The number of hydrogen-bond acceptors (Lipinski definition) is 5. The highest BCUT2D eigenvalue weighted by atomic mass is 32.2. The highest BCUT2D eigenvalue weighted by Crippen LogP contribution is 2.23. The van der Waals surface area contributed by atoms with E-state index in [1.807, 2.05) is 0 Å². The normalized spacial score (nSPS) is 11.2. The van der Waals surface area contributed by atoms with Crippen LogP contribution in [0.4, 0.5) is 0 Å². The van der Waals surface area contributed by atoms with Crippen LogP contribution in [0.2, 0.25) is 0 Å². The number of carbonyl (C=O) groups excluding carboxylic acids is 1. The quantitative estimate of drug-likeness (QED) is 0.623. The molecule has 0 heterocycles. The monoisotopic (exact) mass is 302 g/mol. The van der Waals surface area contributed by atoms with Crippen LogP contribution in [0.15, 0.2) is 17.0 Å². The lowest BCUT2D eigenvalue weighted by atomic mass is 10.0. The van der Waals surface area contributed by atoms with Crippen LogP contribution in [0.25, 0.3) is 0 Å². The minimum atomic E-state index is -4.76. The van der Waals surface area contributed by atoms with Gasteiger partial charge < -0.3 is 9.84 Å². The van der Waals surface area contributed by atoms with E-state index >= 15 is 0 Å². The summed E-state index contributed by atoms with van der Waals surface area (Å²) in [5.41, 5.74) is -0.336. The Labute approximate surface area is 115 Å². The third-order valence-electron chi connectivity index (χ3n) is 2.59. The van der Waals surface area contributed by atoms with Gasteiger partial charge in [-0.15, -0.1) is 0 Å². The summed E-state index contributed by atoms with van der Waals surface area (Å²) in [7, 11) is -4.76. The number of ether oxygens (including phenoxy) is 1. The lowest BCUT2D eigenvalue weighted by Gasteiger charge is -2.11. The molecule has 1 aromatic carbocycles. The van der Waals surface area contributed by atoms with Crippen molar-refractivity contribution in [2.45, 2.75) is 25.2 Å². The molecule has 20 heavy (non-hydrogen) atoms. The number of carboxylic acid groups (broad SMARTS) is 1. The molecule has 110 valence electrons. The minimum absolute atomic E-state index is 0.0769. The summed E-state index contributed by atoms with van der Waals surface area (Å²) in [4.78, 5) is 22.0. The topological polar surface area (TPSA) is 118 Å². The van der Waals surface area contributed by atoms with Gasteiger partial charge in [0.25, 0.3) is 10.1 Å². The van der Waals surface area contributed by atoms with Crippen LogP contribution >= 0.6 is 0 Å². The molecule has 0 bridgehead atoms. The summed E-state index contributed by atoms with van der Waals surface area (Å²) in [5, 5.41) is 8.99. The van der Waals surface area contributed by atoms with Crippen LogP contribution in [0.3, 0.4) is 0 Å². The second-order valence-corrected chi connectivity index (χ2v) is 5.25. The van der Waals surface area contributed by atoms with Gasteiger partial charge in [-0.25, -0.2) is 9.59 Å². The molecule has 1 rings (SSSR count). The van der Waals surface area contributed by atoms with Crippen LogP contribution < -0.4 is 0 Å². The van der Waals surface area contributed by atoms with Crippen molar-refractivity contribution in [3.8, 4) is 0 Å². The van der Waals surface area contributed by atoms with E-state index in [0.29, 0.717) is 12.0 Å². The first-order chi connectivity index (χ1) is 9.22. The van der Waals surface area contributed by atoms with Gasteiger partial charge in [-0.1, -0.05) is 6.92 Å². The Hall–Kier alpha value is -1.93.